The molecule has 0 aromatic carbocycles. The minimum Gasteiger partial charge on any atom is -0.511 e. The summed E-state index contributed by atoms with van der Waals surface area (Å²) in [5.41, 5.74) is 0. The maximum absolute atomic E-state index is 10.5. The zero-order valence-electron chi connectivity index (χ0n) is 5.89. The number of amides is 1. The highest BCUT2D eigenvalue weighted by Gasteiger charge is 1.97. The van der Waals surface area contributed by atoms with Crippen molar-refractivity contribution in [2.75, 3.05) is 13.2 Å². The zero-order valence-corrected chi connectivity index (χ0v) is 5.89. The van der Waals surface area contributed by atoms with Crippen molar-refractivity contribution in [3.8, 4) is 0 Å². The van der Waals surface area contributed by atoms with E-state index in [1.54, 1.807) is 6.92 Å². The van der Waals surface area contributed by atoms with E-state index in [9.17, 15) is 4.79 Å². The van der Waals surface area contributed by atoms with Crippen LogP contribution in [-0.4, -0.2) is 24.4 Å². The molecule has 0 aliphatic carbocycles. The molecule has 0 saturated heterocycles. The molecule has 4 nitrogen and oxygen atoms in total. The second-order valence-electron chi connectivity index (χ2n) is 1.64. The van der Waals surface area contributed by atoms with E-state index in [-0.39, 0.29) is 12.3 Å². The van der Waals surface area contributed by atoms with Gasteiger partial charge in [-0.05, 0) is 6.92 Å². The Morgan fingerprint density at radius 3 is 2.80 bits per heavy atom. The molecule has 0 unspecified atom stereocenters. The monoisotopic (exact) mass is 145 g/mol. The van der Waals surface area contributed by atoms with Gasteiger partial charge in [-0.2, -0.15) is 0 Å². The number of alkyl carbamates (subject to hydrolysis) is 1. The number of ether oxygens (including phenoxy) is 1. The minimum atomic E-state index is -0.544. The summed E-state index contributed by atoms with van der Waals surface area (Å²) in [4.78, 5) is 10.5. The van der Waals surface area contributed by atoms with Crippen LogP contribution in [0, 0.1) is 0 Å². The van der Waals surface area contributed by atoms with Crippen molar-refractivity contribution in [2.45, 2.75) is 6.92 Å². The molecular weight excluding hydrogens is 134 g/mol. The molecule has 0 spiro atoms. The molecule has 0 aliphatic heterocycles. The lowest BCUT2D eigenvalue weighted by molar-refractivity contribution is 0.152. The van der Waals surface area contributed by atoms with Crippen molar-refractivity contribution in [3.63, 3.8) is 0 Å². The number of carbonyl (C=O) groups is 1. The summed E-state index contributed by atoms with van der Waals surface area (Å²) in [5, 5.41) is 10.8. The van der Waals surface area contributed by atoms with Gasteiger partial charge in [0.15, 0.2) is 0 Å². The quantitative estimate of drug-likeness (QED) is 0.577. The van der Waals surface area contributed by atoms with Gasteiger partial charge in [0.25, 0.3) is 0 Å². The van der Waals surface area contributed by atoms with Crippen molar-refractivity contribution in [2.24, 2.45) is 0 Å². The van der Waals surface area contributed by atoms with E-state index in [1.165, 1.54) is 0 Å². The van der Waals surface area contributed by atoms with Gasteiger partial charge in [-0.25, -0.2) is 4.79 Å². The summed E-state index contributed by atoms with van der Waals surface area (Å²) in [7, 11) is 0. The Bertz CT molecular complexity index is 133. The van der Waals surface area contributed by atoms with Crippen LogP contribution in [0.2, 0.25) is 0 Å². The van der Waals surface area contributed by atoms with Crippen LogP contribution in [0.1, 0.15) is 6.92 Å². The normalized spacial score (nSPS) is 8.50. The van der Waals surface area contributed by atoms with Gasteiger partial charge in [-0.1, -0.05) is 6.58 Å². The van der Waals surface area contributed by atoms with Gasteiger partial charge in [0.1, 0.15) is 5.76 Å². The van der Waals surface area contributed by atoms with E-state index >= 15 is 0 Å². The van der Waals surface area contributed by atoms with Gasteiger partial charge in [0.05, 0.1) is 13.2 Å². The molecule has 10 heavy (non-hydrogen) atoms. The first kappa shape index (κ1) is 8.81. The Morgan fingerprint density at radius 2 is 2.40 bits per heavy atom. The molecule has 0 fully saturated rings. The fourth-order valence-electron chi connectivity index (χ4n) is 0.356. The molecule has 4 heteroatoms. The van der Waals surface area contributed by atoms with Crippen LogP contribution < -0.4 is 5.32 Å². The van der Waals surface area contributed by atoms with Gasteiger partial charge in [0, 0.05) is 0 Å². The highest BCUT2D eigenvalue weighted by Crippen LogP contribution is 1.79. The molecule has 0 radical (unpaired) electrons. The highest BCUT2D eigenvalue weighted by molar-refractivity contribution is 5.67. The highest BCUT2D eigenvalue weighted by atomic mass is 16.5. The van der Waals surface area contributed by atoms with Crippen LogP contribution in [0.15, 0.2) is 12.3 Å². The number of aliphatic hydroxyl groups is 1. The lowest BCUT2D eigenvalue weighted by Gasteiger charge is -2.02. The molecule has 0 bridgehead atoms. The SMILES string of the molecule is C=C(O)CNC(=O)OCC. The number of rotatable bonds is 3. The van der Waals surface area contributed by atoms with Crippen molar-refractivity contribution in [1.29, 1.82) is 0 Å². The standard InChI is InChI=1S/C6H11NO3/c1-3-10-6(9)7-4-5(2)8/h8H,2-4H2,1H3,(H,7,9). The van der Waals surface area contributed by atoms with Crippen LogP contribution in [0.4, 0.5) is 4.79 Å². The summed E-state index contributed by atoms with van der Waals surface area (Å²) in [6.07, 6.45) is -0.544. The van der Waals surface area contributed by atoms with Gasteiger partial charge in [-0.15, -0.1) is 0 Å². The van der Waals surface area contributed by atoms with Crippen LogP contribution in [0.5, 0.6) is 0 Å². The smallest absolute Gasteiger partial charge is 0.407 e. The lowest BCUT2D eigenvalue weighted by Crippen LogP contribution is -2.25. The second kappa shape index (κ2) is 4.67. The molecule has 0 saturated carbocycles. The van der Waals surface area contributed by atoms with Gasteiger partial charge >= 0.3 is 6.09 Å². The first-order valence-electron chi connectivity index (χ1n) is 2.94. The van der Waals surface area contributed by atoms with Gasteiger partial charge in [0.2, 0.25) is 0 Å². The minimum absolute atomic E-state index is 0.0405. The fourth-order valence-corrected chi connectivity index (χ4v) is 0.356. The van der Waals surface area contributed by atoms with Gasteiger partial charge < -0.3 is 15.2 Å². The van der Waals surface area contributed by atoms with Crippen LogP contribution in [0.25, 0.3) is 0 Å². The Balaban J connectivity index is 3.30. The van der Waals surface area contributed by atoms with Crippen molar-refractivity contribution >= 4 is 6.09 Å². The van der Waals surface area contributed by atoms with E-state index in [4.69, 9.17) is 5.11 Å². The van der Waals surface area contributed by atoms with E-state index in [2.05, 4.69) is 16.6 Å². The average Bonchev–Trinajstić information content (AvgIpc) is 1.85. The van der Waals surface area contributed by atoms with E-state index in [0.717, 1.165) is 0 Å². The number of carbonyl (C=O) groups excluding carboxylic acids is 1. The predicted octanol–water partition coefficient (Wildman–Crippen LogP) is 0.804. The molecule has 0 aromatic rings. The largest absolute Gasteiger partial charge is 0.511 e. The molecular formula is C6H11NO3. The molecule has 58 valence electrons. The van der Waals surface area contributed by atoms with E-state index < -0.39 is 6.09 Å². The van der Waals surface area contributed by atoms with Crippen LogP contribution in [-0.2, 0) is 4.74 Å². The molecule has 0 aliphatic rings. The average molecular weight is 145 g/mol. The molecule has 0 aromatic heterocycles. The Morgan fingerprint density at radius 1 is 1.80 bits per heavy atom. The van der Waals surface area contributed by atoms with Crippen molar-refractivity contribution in [3.05, 3.63) is 12.3 Å². The number of nitrogens with one attached hydrogen (secondary N) is 1. The third-order valence-electron chi connectivity index (χ3n) is 0.712. The summed E-state index contributed by atoms with van der Waals surface area (Å²) in [6.45, 7) is 5.24. The van der Waals surface area contributed by atoms with Crippen molar-refractivity contribution < 1.29 is 14.6 Å². The number of hydrogen-bond acceptors (Lipinski definition) is 3. The Kier molecular flexibility index (Phi) is 4.11. The van der Waals surface area contributed by atoms with Crippen LogP contribution >= 0.6 is 0 Å². The van der Waals surface area contributed by atoms with Crippen LogP contribution in [0.3, 0.4) is 0 Å². The third kappa shape index (κ3) is 4.96. The maximum Gasteiger partial charge on any atom is 0.407 e. The predicted molar refractivity (Wildman–Crippen MR) is 36.8 cm³/mol. The Hall–Kier alpha value is -1.19. The number of hydrogen-bond donors (Lipinski definition) is 2. The summed E-state index contributed by atoms with van der Waals surface area (Å²) in [5.74, 6) is -0.0898. The lowest BCUT2D eigenvalue weighted by atomic mass is 10.6. The summed E-state index contributed by atoms with van der Waals surface area (Å²) < 4.78 is 4.49. The van der Waals surface area contributed by atoms with Crippen molar-refractivity contribution in [1.82, 2.24) is 5.32 Å². The molecule has 0 rings (SSSR count). The number of aliphatic hydroxyl groups excluding tert-OH is 1. The zero-order chi connectivity index (χ0) is 7.98. The molecule has 0 heterocycles. The second-order valence-corrected chi connectivity index (χ2v) is 1.64. The first-order chi connectivity index (χ1) is 4.66. The molecule has 1 amide bonds. The summed E-state index contributed by atoms with van der Waals surface area (Å²) in [6, 6.07) is 0. The van der Waals surface area contributed by atoms with Gasteiger partial charge in [-0.3, -0.25) is 0 Å². The molecule has 0 atom stereocenters. The topological polar surface area (TPSA) is 58.6 Å². The Labute approximate surface area is 59.5 Å². The summed E-state index contributed by atoms with van der Waals surface area (Å²) >= 11 is 0. The molecule has 2 N–H and O–H groups in total. The first-order valence-corrected chi connectivity index (χ1v) is 2.94. The van der Waals surface area contributed by atoms with E-state index in [0.29, 0.717) is 6.61 Å². The van der Waals surface area contributed by atoms with E-state index in [1.807, 2.05) is 0 Å². The third-order valence-corrected chi connectivity index (χ3v) is 0.712. The maximum atomic E-state index is 10.5. The fraction of sp³-hybridized carbons (Fsp3) is 0.500.